The van der Waals surface area contributed by atoms with Crippen LogP contribution in [0.4, 0.5) is 24.5 Å². The second-order valence-corrected chi connectivity index (χ2v) is 11.2. The van der Waals surface area contributed by atoms with Crippen molar-refractivity contribution >= 4 is 35.0 Å². The number of methoxy groups -OCH3 is 2. The van der Waals surface area contributed by atoms with Gasteiger partial charge in [0.25, 0.3) is 0 Å². The summed E-state index contributed by atoms with van der Waals surface area (Å²) in [4.78, 5) is 36.5. The van der Waals surface area contributed by atoms with E-state index in [1.54, 1.807) is 50.2 Å². The van der Waals surface area contributed by atoms with Crippen LogP contribution >= 0.6 is 0 Å². The summed E-state index contributed by atoms with van der Waals surface area (Å²) in [5.41, 5.74) is 2.77. The number of hydrogen-bond donors (Lipinski definition) is 3. The van der Waals surface area contributed by atoms with E-state index in [1.807, 2.05) is 11.1 Å². The zero-order valence-electron chi connectivity index (χ0n) is 27.1. The third kappa shape index (κ3) is 9.03. The quantitative estimate of drug-likeness (QED) is 0.0826. The van der Waals surface area contributed by atoms with Crippen LogP contribution in [0.1, 0.15) is 38.2 Å². The predicted molar refractivity (Wildman–Crippen MR) is 174 cm³/mol. The van der Waals surface area contributed by atoms with Crippen LogP contribution in [-0.2, 0) is 19.1 Å². The molecule has 0 aromatic heterocycles. The number of guanidine groups is 1. The fourth-order valence-electron chi connectivity index (χ4n) is 6.00. The highest BCUT2D eigenvalue weighted by Crippen LogP contribution is 2.40. The van der Waals surface area contributed by atoms with E-state index in [1.165, 1.54) is 26.4 Å². The minimum Gasteiger partial charge on any atom is -0.468 e. The van der Waals surface area contributed by atoms with Gasteiger partial charge >= 0.3 is 18.3 Å². The lowest BCUT2D eigenvalue weighted by atomic mass is 9.75. The number of nitriles is 1. The number of nitrogens with zero attached hydrogens (tertiary/aromatic N) is 4. The Morgan fingerprint density at radius 1 is 1.08 bits per heavy atom. The van der Waals surface area contributed by atoms with E-state index in [0.29, 0.717) is 67.4 Å². The van der Waals surface area contributed by atoms with Crippen LogP contribution in [0.2, 0.25) is 0 Å². The number of piperidine rings is 1. The molecule has 2 aliphatic heterocycles. The van der Waals surface area contributed by atoms with Crippen molar-refractivity contribution in [1.82, 2.24) is 10.6 Å². The molecule has 1 fully saturated rings. The van der Waals surface area contributed by atoms with Gasteiger partial charge in [-0.25, -0.2) is 4.79 Å². The molecule has 2 unspecified atom stereocenters. The number of carbonyl (C=O) groups excluding carboxylic acids is 2. The number of allylic oxidation sites excluding steroid dienone is 1. The molecule has 48 heavy (non-hydrogen) atoms. The van der Waals surface area contributed by atoms with Crippen molar-refractivity contribution in [2.45, 2.75) is 45.0 Å². The number of nitrogens with one attached hydrogen (secondary N) is 3. The van der Waals surface area contributed by atoms with E-state index in [9.17, 15) is 28.0 Å². The predicted octanol–water partition coefficient (Wildman–Crippen LogP) is 4.48. The molecule has 2 aromatic carbocycles. The molecule has 0 spiro atoms. The highest BCUT2D eigenvalue weighted by atomic mass is 19.4. The average molecular weight is 670 g/mol. The Labute approximate surface area is 276 Å². The van der Waals surface area contributed by atoms with Gasteiger partial charge in [-0.15, -0.1) is 13.2 Å². The van der Waals surface area contributed by atoms with Gasteiger partial charge < -0.3 is 29.7 Å². The van der Waals surface area contributed by atoms with Crippen LogP contribution in [0.3, 0.4) is 0 Å². The summed E-state index contributed by atoms with van der Waals surface area (Å²) in [6.45, 7) is 5.30. The van der Waals surface area contributed by atoms with Gasteiger partial charge in [0.2, 0.25) is 5.96 Å². The van der Waals surface area contributed by atoms with Crippen LogP contribution in [0, 0.1) is 17.4 Å². The van der Waals surface area contributed by atoms with Crippen molar-refractivity contribution in [3.05, 3.63) is 65.4 Å². The summed E-state index contributed by atoms with van der Waals surface area (Å²) in [6.07, 6.45) is -1.49. The molecule has 2 heterocycles. The van der Waals surface area contributed by atoms with Crippen molar-refractivity contribution in [2.24, 2.45) is 15.9 Å². The number of benzene rings is 2. The Hall–Kier alpha value is -5.10. The number of aliphatic imine (C=N–C) groups is 2. The minimum atomic E-state index is -4.77. The maximum atomic E-state index is 12.9. The van der Waals surface area contributed by atoms with E-state index >= 15 is 0 Å². The SMILES string of the molecule is COC(=O)C1=C(C)N=C(C)C(C(=O)OC)C1c1cccc(NC(=NCCNC2CCN(c3ccccc3OC(F)(F)F)CC2)NC#N)c1. The molecule has 2 aliphatic rings. The number of para-hydroxylation sites is 2. The first-order valence-electron chi connectivity index (χ1n) is 15.3. The molecule has 15 heteroatoms. The largest absolute Gasteiger partial charge is 0.573 e. The van der Waals surface area contributed by atoms with Crippen LogP contribution < -0.4 is 25.6 Å². The monoisotopic (exact) mass is 669 g/mol. The van der Waals surface area contributed by atoms with Gasteiger partial charge in [-0.3, -0.25) is 20.1 Å². The van der Waals surface area contributed by atoms with Gasteiger partial charge in [0.1, 0.15) is 5.92 Å². The summed E-state index contributed by atoms with van der Waals surface area (Å²) in [5.74, 6) is -2.75. The van der Waals surface area contributed by atoms with Gasteiger partial charge in [-0.05, 0) is 56.5 Å². The fraction of sp³-hybridized carbons (Fsp3) is 0.424. The van der Waals surface area contributed by atoms with Crippen molar-refractivity contribution < 1.29 is 37.0 Å². The number of halogens is 3. The smallest absolute Gasteiger partial charge is 0.468 e. The molecule has 2 aromatic rings. The third-order valence-electron chi connectivity index (χ3n) is 8.11. The van der Waals surface area contributed by atoms with Gasteiger partial charge in [-0.1, -0.05) is 24.3 Å². The molecule has 0 bridgehead atoms. The molecule has 3 N–H and O–H groups in total. The number of alkyl halides is 3. The Balaban J connectivity index is 1.39. The molecule has 2 atom stereocenters. The van der Waals surface area contributed by atoms with Crippen LogP contribution in [0.15, 0.2) is 69.8 Å². The van der Waals surface area contributed by atoms with E-state index in [4.69, 9.17) is 9.47 Å². The molecule has 0 saturated carbocycles. The number of anilines is 2. The lowest BCUT2D eigenvalue weighted by Gasteiger charge is -2.34. The summed E-state index contributed by atoms with van der Waals surface area (Å²) < 4.78 is 52.9. The minimum absolute atomic E-state index is 0.134. The van der Waals surface area contributed by atoms with E-state index < -0.39 is 30.1 Å². The van der Waals surface area contributed by atoms with Crippen molar-refractivity contribution in [2.75, 3.05) is 50.6 Å². The van der Waals surface area contributed by atoms with Gasteiger partial charge in [0.15, 0.2) is 11.9 Å². The molecule has 256 valence electrons. The zero-order chi connectivity index (χ0) is 34.8. The summed E-state index contributed by atoms with van der Waals surface area (Å²) in [5, 5.41) is 18.4. The van der Waals surface area contributed by atoms with Gasteiger partial charge in [-0.2, -0.15) is 5.26 Å². The van der Waals surface area contributed by atoms with Crippen LogP contribution in [-0.4, -0.2) is 76.4 Å². The van der Waals surface area contributed by atoms with Crippen molar-refractivity contribution in [3.8, 4) is 11.9 Å². The molecular formula is C33H38F3N7O5. The zero-order valence-corrected chi connectivity index (χ0v) is 27.1. The first-order chi connectivity index (χ1) is 22.9. The Morgan fingerprint density at radius 3 is 2.48 bits per heavy atom. The van der Waals surface area contributed by atoms with Crippen molar-refractivity contribution in [1.29, 1.82) is 5.26 Å². The summed E-state index contributed by atoms with van der Waals surface area (Å²) in [7, 11) is 2.54. The fourth-order valence-corrected chi connectivity index (χ4v) is 6.00. The van der Waals surface area contributed by atoms with E-state index in [0.717, 1.165) is 0 Å². The number of esters is 2. The van der Waals surface area contributed by atoms with E-state index in [2.05, 4.69) is 30.7 Å². The Morgan fingerprint density at radius 2 is 1.81 bits per heavy atom. The maximum absolute atomic E-state index is 12.9. The van der Waals surface area contributed by atoms with Crippen molar-refractivity contribution in [3.63, 3.8) is 0 Å². The molecular weight excluding hydrogens is 631 g/mol. The summed E-state index contributed by atoms with van der Waals surface area (Å²) >= 11 is 0. The van der Waals surface area contributed by atoms with Crippen LogP contribution in [0.25, 0.3) is 0 Å². The molecule has 1 saturated heterocycles. The first kappa shape index (κ1) is 35.7. The normalized spacial score (nSPS) is 18.8. The highest BCUT2D eigenvalue weighted by molar-refractivity contribution is 6.07. The molecule has 12 nitrogen and oxygen atoms in total. The standard InChI is InChI=1S/C33H38F3N7O5/c1-20-27(30(44)46-3)29(28(21(2)41-20)31(45)47-4)22-8-7-9-24(18-22)42-32(40-19-37)39-15-14-38-23-12-16-43(17-13-23)25-10-5-6-11-26(25)48-33(34,35)36/h5-11,18,23,27,29,38H,12-17H2,1-4H3,(H2,39,40,42). The van der Waals surface area contributed by atoms with Gasteiger partial charge in [0.05, 0.1) is 32.0 Å². The summed E-state index contributed by atoms with van der Waals surface area (Å²) in [6, 6.07) is 13.3. The highest BCUT2D eigenvalue weighted by Gasteiger charge is 2.42. The Kier molecular flexibility index (Phi) is 12.0. The van der Waals surface area contributed by atoms with E-state index in [-0.39, 0.29) is 23.3 Å². The average Bonchev–Trinajstić information content (AvgIpc) is 3.05. The second-order valence-electron chi connectivity index (χ2n) is 11.2. The molecule has 0 amide bonds. The Bertz CT molecular complexity index is 1610. The maximum Gasteiger partial charge on any atom is 0.573 e. The number of carbonyl (C=O) groups is 2. The lowest BCUT2D eigenvalue weighted by Crippen LogP contribution is -2.43. The lowest BCUT2D eigenvalue weighted by molar-refractivity contribution is -0.274. The number of rotatable bonds is 10. The first-order valence-corrected chi connectivity index (χ1v) is 15.3. The molecule has 4 rings (SSSR count). The van der Waals surface area contributed by atoms with Crippen LogP contribution in [0.5, 0.6) is 5.75 Å². The molecule has 0 radical (unpaired) electrons. The topological polar surface area (TPSA) is 150 Å². The number of hydrogen-bond acceptors (Lipinski definition) is 10. The van der Waals surface area contributed by atoms with Gasteiger partial charge in [0, 0.05) is 48.7 Å². The number of ether oxygens (including phenoxy) is 3. The second kappa shape index (κ2) is 16.1. The third-order valence-corrected chi connectivity index (χ3v) is 8.11. The molecule has 0 aliphatic carbocycles.